The van der Waals surface area contributed by atoms with E-state index in [-0.39, 0.29) is 5.56 Å². The molecule has 2 aromatic rings. The molecule has 1 aromatic heterocycles. The van der Waals surface area contributed by atoms with E-state index in [1.165, 1.54) is 36.8 Å². The number of hydrogen-bond donors (Lipinski definition) is 0. The van der Waals surface area contributed by atoms with Crippen molar-refractivity contribution >= 4 is 10.9 Å². The quantitative estimate of drug-likeness (QED) is 0.114. The Balaban J connectivity index is 2.39. The summed E-state index contributed by atoms with van der Waals surface area (Å²) in [6.45, 7) is 15.2. The fraction of sp³-hybridized carbons (Fsp3) is 0.629. The highest BCUT2D eigenvalue weighted by Crippen LogP contribution is 2.35. The minimum atomic E-state index is -0.101. The second-order valence-corrected chi connectivity index (χ2v) is 11.1. The van der Waals surface area contributed by atoms with Crippen molar-refractivity contribution in [3.05, 3.63) is 51.9 Å². The number of unbranched alkanes of at least 4 members (excludes halogenated alkanes) is 7. The summed E-state index contributed by atoms with van der Waals surface area (Å²) in [4.78, 5) is 13.9. The molecule has 0 aliphatic carbocycles. The Bertz CT molecular complexity index is 1120. The number of aryl methyl sites for hydroxylation is 1. The molecule has 1 heterocycles. The van der Waals surface area contributed by atoms with Crippen molar-refractivity contribution in [2.45, 2.75) is 125 Å². The smallest absolute Gasteiger partial charge is 0.297 e. The second-order valence-electron chi connectivity index (χ2n) is 11.1. The number of ether oxygens (including phenoxy) is 3. The van der Waals surface area contributed by atoms with Crippen LogP contribution in [-0.4, -0.2) is 24.4 Å². The van der Waals surface area contributed by atoms with Crippen molar-refractivity contribution < 1.29 is 14.2 Å². The molecule has 5 nitrogen and oxygen atoms in total. The van der Waals surface area contributed by atoms with Crippen LogP contribution in [0.25, 0.3) is 10.9 Å². The summed E-state index contributed by atoms with van der Waals surface area (Å²) in [5, 5.41) is 0.911. The SMILES string of the molecule is CCCCCCCCn1c(=O)c(OCCCC)c(OCCCC)c2ccc(OC/C=C(\C)CCC=C(C)C)cc21. The predicted octanol–water partition coefficient (Wildman–Crippen LogP) is 9.79. The van der Waals surface area contributed by atoms with E-state index in [2.05, 4.69) is 53.7 Å². The van der Waals surface area contributed by atoms with E-state index in [1.54, 1.807) is 0 Å². The number of pyridine rings is 1. The van der Waals surface area contributed by atoms with Gasteiger partial charge in [0.05, 0.1) is 18.7 Å². The van der Waals surface area contributed by atoms with Gasteiger partial charge in [-0.1, -0.05) is 82.9 Å². The van der Waals surface area contributed by atoms with E-state index in [4.69, 9.17) is 14.2 Å². The molecular formula is C35H55NO4. The minimum Gasteiger partial charge on any atom is -0.489 e. The first-order valence-electron chi connectivity index (χ1n) is 15.8. The molecule has 0 saturated heterocycles. The molecule has 0 saturated carbocycles. The predicted molar refractivity (Wildman–Crippen MR) is 170 cm³/mol. The zero-order chi connectivity index (χ0) is 29.2. The molecule has 0 spiro atoms. The van der Waals surface area contributed by atoms with Gasteiger partial charge in [0.15, 0.2) is 5.75 Å². The van der Waals surface area contributed by atoms with E-state index in [0.29, 0.717) is 37.9 Å². The highest BCUT2D eigenvalue weighted by Gasteiger charge is 2.20. The molecule has 1 aromatic carbocycles. The number of rotatable bonds is 21. The fourth-order valence-electron chi connectivity index (χ4n) is 4.62. The molecule has 0 N–H and O–H groups in total. The lowest BCUT2D eigenvalue weighted by atomic mass is 10.1. The Morgan fingerprint density at radius 1 is 0.775 bits per heavy atom. The van der Waals surface area contributed by atoms with E-state index >= 15 is 0 Å². The first-order chi connectivity index (χ1) is 19.4. The van der Waals surface area contributed by atoms with Gasteiger partial charge in [-0.3, -0.25) is 4.79 Å². The normalized spacial score (nSPS) is 11.6. The summed E-state index contributed by atoms with van der Waals surface area (Å²) in [6.07, 6.45) is 17.4. The zero-order valence-corrected chi connectivity index (χ0v) is 26.3. The molecule has 0 bridgehead atoms. The van der Waals surface area contributed by atoms with E-state index in [1.807, 2.05) is 22.8 Å². The third-order valence-corrected chi connectivity index (χ3v) is 7.15. The van der Waals surface area contributed by atoms with Crippen molar-refractivity contribution in [2.75, 3.05) is 19.8 Å². The summed E-state index contributed by atoms with van der Waals surface area (Å²) in [6, 6.07) is 6.01. The lowest BCUT2D eigenvalue weighted by Crippen LogP contribution is -2.24. The number of hydrogen-bond acceptors (Lipinski definition) is 4. The average molecular weight is 554 g/mol. The number of aromatic nitrogens is 1. The maximum Gasteiger partial charge on any atom is 0.297 e. The van der Waals surface area contributed by atoms with Gasteiger partial charge >= 0.3 is 0 Å². The minimum absolute atomic E-state index is 0.101. The molecule has 0 amide bonds. The third kappa shape index (κ3) is 11.4. The topological polar surface area (TPSA) is 49.7 Å². The van der Waals surface area contributed by atoms with Crippen LogP contribution in [0.1, 0.15) is 119 Å². The van der Waals surface area contributed by atoms with Gasteiger partial charge in [0.25, 0.3) is 5.56 Å². The summed E-state index contributed by atoms with van der Waals surface area (Å²) in [5.74, 6) is 1.69. The second kappa shape index (κ2) is 19.4. The van der Waals surface area contributed by atoms with Crippen molar-refractivity contribution in [1.29, 1.82) is 0 Å². The standard InChI is InChI=1S/C35H55NO4/c1-7-10-13-14-15-16-23-36-32-27-30(38-26-22-29(6)19-17-18-28(4)5)20-21-31(32)33(39-24-11-8-2)34(35(36)37)40-25-12-9-3/h18,20-22,27H,7-17,19,23-26H2,1-6H3/b29-22+. The average Bonchev–Trinajstić information content (AvgIpc) is 2.93. The van der Waals surface area contributed by atoms with E-state index in [0.717, 1.165) is 68.0 Å². The van der Waals surface area contributed by atoms with Gasteiger partial charge in [-0.05, 0) is 71.1 Å². The first kappa shape index (κ1) is 33.5. The van der Waals surface area contributed by atoms with Crippen LogP contribution >= 0.6 is 0 Å². The summed E-state index contributed by atoms with van der Waals surface area (Å²) >= 11 is 0. The summed E-state index contributed by atoms with van der Waals surface area (Å²) < 4.78 is 20.4. The van der Waals surface area contributed by atoms with Crippen molar-refractivity contribution in [3.8, 4) is 17.2 Å². The Labute approximate surface area is 243 Å². The zero-order valence-electron chi connectivity index (χ0n) is 26.3. The molecule has 0 aliphatic heterocycles. The summed E-state index contributed by atoms with van der Waals surface area (Å²) in [5.41, 5.74) is 3.42. The number of nitrogens with zero attached hydrogens (tertiary/aromatic N) is 1. The Morgan fingerprint density at radius 3 is 2.10 bits per heavy atom. The fourth-order valence-corrected chi connectivity index (χ4v) is 4.62. The van der Waals surface area contributed by atoms with Crippen LogP contribution in [0.5, 0.6) is 17.2 Å². The molecule has 5 heteroatoms. The molecule has 224 valence electrons. The van der Waals surface area contributed by atoms with Gasteiger partial charge in [0, 0.05) is 18.0 Å². The van der Waals surface area contributed by atoms with Gasteiger partial charge < -0.3 is 18.8 Å². The maximum absolute atomic E-state index is 13.9. The molecular weight excluding hydrogens is 498 g/mol. The third-order valence-electron chi connectivity index (χ3n) is 7.15. The Hall–Kier alpha value is -2.69. The molecule has 0 aliphatic rings. The molecule has 0 unspecified atom stereocenters. The highest BCUT2D eigenvalue weighted by atomic mass is 16.5. The van der Waals surface area contributed by atoms with Crippen molar-refractivity contribution in [2.24, 2.45) is 0 Å². The van der Waals surface area contributed by atoms with Crippen LogP contribution in [0.3, 0.4) is 0 Å². The lowest BCUT2D eigenvalue weighted by Gasteiger charge is -2.19. The molecule has 40 heavy (non-hydrogen) atoms. The van der Waals surface area contributed by atoms with Crippen molar-refractivity contribution in [3.63, 3.8) is 0 Å². The molecule has 2 rings (SSSR count). The Morgan fingerprint density at radius 2 is 1.43 bits per heavy atom. The molecule has 0 fully saturated rings. The molecule has 0 radical (unpaired) electrons. The number of fused-ring (bicyclic) bond motifs is 1. The van der Waals surface area contributed by atoms with Crippen LogP contribution in [0.15, 0.2) is 46.3 Å². The van der Waals surface area contributed by atoms with E-state index < -0.39 is 0 Å². The molecule has 0 atom stereocenters. The van der Waals surface area contributed by atoms with Gasteiger partial charge in [-0.2, -0.15) is 0 Å². The van der Waals surface area contributed by atoms with Crippen LogP contribution in [-0.2, 0) is 6.54 Å². The van der Waals surface area contributed by atoms with Crippen molar-refractivity contribution in [1.82, 2.24) is 4.57 Å². The highest BCUT2D eigenvalue weighted by molar-refractivity contribution is 5.89. The van der Waals surface area contributed by atoms with Gasteiger partial charge in [-0.15, -0.1) is 0 Å². The largest absolute Gasteiger partial charge is 0.489 e. The van der Waals surface area contributed by atoms with Gasteiger partial charge in [0.2, 0.25) is 5.75 Å². The van der Waals surface area contributed by atoms with Crippen LogP contribution in [0, 0.1) is 0 Å². The van der Waals surface area contributed by atoms with Gasteiger partial charge in [0.1, 0.15) is 12.4 Å². The number of allylic oxidation sites excluding steroid dienone is 3. The summed E-state index contributed by atoms with van der Waals surface area (Å²) in [7, 11) is 0. The monoisotopic (exact) mass is 553 g/mol. The maximum atomic E-state index is 13.9. The first-order valence-corrected chi connectivity index (χ1v) is 15.8. The van der Waals surface area contributed by atoms with Crippen LogP contribution in [0.4, 0.5) is 0 Å². The van der Waals surface area contributed by atoms with E-state index in [9.17, 15) is 4.79 Å². The van der Waals surface area contributed by atoms with Crippen LogP contribution < -0.4 is 19.8 Å². The Kier molecular flexibility index (Phi) is 16.3. The van der Waals surface area contributed by atoms with Gasteiger partial charge in [-0.25, -0.2) is 0 Å². The number of benzene rings is 1. The van der Waals surface area contributed by atoms with Crippen LogP contribution in [0.2, 0.25) is 0 Å². The lowest BCUT2D eigenvalue weighted by molar-refractivity contribution is 0.259.